The largest absolute Gasteiger partial charge is 0.352 e. The van der Waals surface area contributed by atoms with Gasteiger partial charge >= 0.3 is 0 Å². The molecule has 2 unspecified atom stereocenters. The Kier molecular flexibility index (Phi) is 7.14. The molecular formula is C21H27FN2O. The minimum atomic E-state index is -0.334. The van der Waals surface area contributed by atoms with Gasteiger partial charge < -0.3 is 5.32 Å². The molecule has 1 amide bonds. The van der Waals surface area contributed by atoms with Crippen molar-refractivity contribution in [2.45, 2.75) is 39.3 Å². The van der Waals surface area contributed by atoms with Gasteiger partial charge in [-0.1, -0.05) is 62.4 Å². The first-order valence-corrected chi connectivity index (χ1v) is 8.89. The first kappa shape index (κ1) is 19.1. The van der Waals surface area contributed by atoms with Crippen LogP contribution in [0.15, 0.2) is 54.6 Å². The fraction of sp³-hybridized carbons (Fsp3) is 0.381. The van der Waals surface area contributed by atoms with Gasteiger partial charge in [-0.25, -0.2) is 4.39 Å². The molecule has 3 nitrogen and oxygen atoms in total. The lowest BCUT2D eigenvalue weighted by molar-refractivity contribution is -0.127. The number of hydrogen-bond acceptors (Lipinski definition) is 2. The molecule has 0 aliphatic heterocycles. The van der Waals surface area contributed by atoms with Gasteiger partial charge in [0.15, 0.2) is 0 Å². The van der Waals surface area contributed by atoms with Gasteiger partial charge in [-0.15, -0.1) is 0 Å². The fourth-order valence-electron chi connectivity index (χ4n) is 3.12. The standard InChI is InChI=1S/C21H27FN2O/c1-4-24(5-2)20(17-11-7-6-8-12-17)21(25)23-16(3)15-18-13-9-10-14-19(18)22/h6-14,16,20H,4-5,15H2,1-3H3,(H,23,25). The van der Waals surface area contributed by atoms with Gasteiger partial charge in [-0.3, -0.25) is 9.69 Å². The Morgan fingerprint density at radius 2 is 1.64 bits per heavy atom. The van der Waals surface area contributed by atoms with E-state index < -0.39 is 0 Å². The Bertz CT molecular complexity index is 671. The molecule has 4 heteroatoms. The number of amides is 1. The Balaban J connectivity index is 2.12. The molecule has 0 saturated carbocycles. The lowest BCUT2D eigenvalue weighted by Gasteiger charge is -2.30. The molecule has 2 aromatic rings. The second-order valence-corrected chi connectivity index (χ2v) is 6.24. The first-order chi connectivity index (χ1) is 12.1. The summed E-state index contributed by atoms with van der Waals surface area (Å²) in [4.78, 5) is 15.1. The summed E-state index contributed by atoms with van der Waals surface area (Å²) >= 11 is 0. The predicted octanol–water partition coefficient (Wildman–Crippen LogP) is 3.96. The molecule has 0 aliphatic rings. The number of halogens is 1. The molecule has 0 bridgehead atoms. The zero-order valence-corrected chi connectivity index (χ0v) is 15.2. The summed E-state index contributed by atoms with van der Waals surface area (Å²) in [5.74, 6) is -0.273. The summed E-state index contributed by atoms with van der Waals surface area (Å²) in [6.45, 7) is 7.58. The van der Waals surface area contributed by atoms with Crippen LogP contribution in [0.2, 0.25) is 0 Å². The average Bonchev–Trinajstić information content (AvgIpc) is 2.62. The quantitative estimate of drug-likeness (QED) is 0.788. The van der Waals surface area contributed by atoms with Crippen molar-refractivity contribution in [2.75, 3.05) is 13.1 Å². The minimum absolute atomic E-state index is 0.0428. The summed E-state index contributed by atoms with van der Waals surface area (Å²) in [6.07, 6.45) is 0.470. The van der Waals surface area contributed by atoms with Crippen LogP contribution in [0.5, 0.6) is 0 Å². The Morgan fingerprint density at radius 3 is 2.24 bits per heavy atom. The molecule has 0 spiro atoms. The molecule has 2 rings (SSSR count). The molecule has 2 atom stereocenters. The van der Waals surface area contributed by atoms with Crippen LogP contribution in [0.3, 0.4) is 0 Å². The molecular weight excluding hydrogens is 315 g/mol. The van der Waals surface area contributed by atoms with Crippen molar-refractivity contribution < 1.29 is 9.18 Å². The monoisotopic (exact) mass is 342 g/mol. The summed E-state index contributed by atoms with van der Waals surface area (Å²) in [7, 11) is 0. The Labute approximate surface area is 149 Å². The van der Waals surface area contributed by atoms with E-state index in [0.29, 0.717) is 12.0 Å². The fourth-order valence-corrected chi connectivity index (χ4v) is 3.12. The van der Waals surface area contributed by atoms with E-state index in [1.54, 1.807) is 12.1 Å². The molecule has 0 aliphatic carbocycles. The van der Waals surface area contributed by atoms with Crippen LogP contribution in [0, 0.1) is 5.82 Å². The number of nitrogens with one attached hydrogen (secondary N) is 1. The summed E-state index contributed by atoms with van der Waals surface area (Å²) < 4.78 is 13.8. The molecule has 25 heavy (non-hydrogen) atoms. The second-order valence-electron chi connectivity index (χ2n) is 6.24. The Hall–Kier alpha value is -2.20. The van der Waals surface area contributed by atoms with Gasteiger partial charge in [0.1, 0.15) is 11.9 Å². The van der Waals surface area contributed by atoms with E-state index >= 15 is 0 Å². The second kappa shape index (κ2) is 9.33. The van der Waals surface area contributed by atoms with Gasteiger partial charge in [0.2, 0.25) is 5.91 Å². The molecule has 0 saturated heterocycles. The molecule has 0 fully saturated rings. The molecule has 0 radical (unpaired) electrons. The van der Waals surface area contributed by atoms with Crippen molar-refractivity contribution >= 4 is 5.91 Å². The normalized spacial score (nSPS) is 13.5. The van der Waals surface area contributed by atoms with Gasteiger partial charge in [-0.05, 0) is 43.6 Å². The van der Waals surface area contributed by atoms with Crippen LogP contribution in [0.25, 0.3) is 0 Å². The molecule has 0 aromatic heterocycles. The number of rotatable bonds is 8. The van der Waals surface area contributed by atoms with Crippen molar-refractivity contribution in [2.24, 2.45) is 0 Å². The lowest BCUT2D eigenvalue weighted by Crippen LogP contribution is -2.44. The number of hydrogen-bond donors (Lipinski definition) is 1. The number of benzene rings is 2. The number of likely N-dealkylation sites (N-methyl/N-ethyl adjacent to an activating group) is 1. The van der Waals surface area contributed by atoms with Gasteiger partial charge in [0, 0.05) is 6.04 Å². The van der Waals surface area contributed by atoms with E-state index in [-0.39, 0.29) is 23.8 Å². The van der Waals surface area contributed by atoms with Crippen molar-refractivity contribution in [3.63, 3.8) is 0 Å². The SMILES string of the molecule is CCN(CC)C(C(=O)NC(C)Cc1ccccc1F)c1ccccc1. The highest BCUT2D eigenvalue weighted by molar-refractivity contribution is 5.83. The summed E-state index contributed by atoms with van der Waals surface area (Å²) in [5, 5.41) is 3.06. The van der Waals surface area contributed by atoms with Crippen LogP contribution in [-0.4, -0.2) is 29.9 Å². The maximum Gasteiger partial charge on any atom is 0.242 e. The van der Waals surface area contributed by atoms with E-state index in [0.717, 1.165) is 18.7 Å². The van der Waals surface area contributed by atoms with Gasteiger partial charge in [0.25, 0.3) is 0 Å². The van der Waals surface area contributed by atoms with Crippen molar-refractivity contribution in [1.82, 2.24) is 10.2 Å². The third-order valence-corrected chi connectivity index (χ3v) is 4.41. The topological polar surface area (TPSA) is 32.3 Å². The van der Waals surface area contributed by atoms with E-state index in [9.17, 15) is 9.18 Å². The third kappa shape index (κ3) is 5.13. The maximum absolute atomic E-state index is 13.8. The Morgan fingerprint density at radius 1 is 1.04 bits per heavy atom. The lowest BCUT2D eigenvalue weighted by atomic mass is 10.0. The van der Waals surface area contributed by atoms with E-state index in [1.807, 2.05) is 43.3 Å². The van der Waals surface area contributed by atoms with Crippen LogP contribution < -0.4 is 5.32 Å². The van der Waals surface area contributed by atoms with Crippen LogP contribution in [0.4, 0.5) is 4.39 Å². The van der Waals surface area contributed by atoms with E-state index in [4.69, 9.17) is 0 Å². The zero-order chi connectivity index (χ0) is 18.2. The predicted molar refractivity (Wildman–Crippen MR) is 99.8 cm³/mol. The number of nitrogens with zero attached hydrogens (tertiary/aromatic N) is 1. The maximum atomic E-state index is 13.8. The molecule has 2 aromatic carbocycles. The highest BCUT2D eigenvalue weighted by Crippen LogP contribution is 2.21. The van der Waals surface area contributed by atoms with E-state index in [2.05, 4.69) is 24.1 Å². The molecule has 134 valence electrons. The highest BCUT2D eigenvalue weighted by Gasteiger charge is 2.26. The van der Waals surface area contributed by atoms with Crippen molar-refractivity contribution in [3.05, 3.63) is 71.5 Å². The smallest absolute Gasteiger partial charge is 0.242 e. The first-order valence-electron chi connectivity index (χ1n) is 8.89. The van der Waals surface area contributed by atoms with Gasteiger partial charge in [-0.2, -0.15) is 0 Å². The molecule has 0 heterocycles. The minimum Gasteiger partial charge on any atom is -0.352 e. The summed E-state index contributed by atoms with van der Waals surface area (Å²) in [6, 6.07) is 16.0. The van der Waals surface area contributed by atoms with E-state index in [1.165, 1.54) is 6.07 Å². The van der Waals surface area contributed by atoms with Crippen LogP contribution in [-0.2, 0) is 11.2 Å². The van der Waals surface area contributed by atoms with Crippen LogP contribution in [0.1, 0.15) is 37.9 Å². The number of carbonyl (C=O) groups is 1. The third-order valence-electron chi connectivity index (χ3n) is 4.41. The van der Waals surface area contributed by atoms with Gasteiger partial charge in [0.05, 0.1) is 0 Å². The molecule has 1 N–H and O–H groups in total. The summed E-state index contributed by atoms with van der Waals surface area (Å²) in [5.41, 5.74) is 1.59. The van der Waals surface area contributed by atoms with Crippen LogP contribution >= 0.6 is 0 Å². The zero-order valence-electron chi connectivity index (χ0n) is 15.2. The number of carbonyl (C=O) groups excluding carboxylic acids is 1. The average molecular weight is 342 g/mol. The van der Waals surface area contributed by atoms with Crippen molar-refractivity contribution in [3.8, 4) is 0 Å². The van der Waals surface area contributed by atoms with Crippen molar-refractivity contribution in [1.29, 1.82) is 0 Å². The highest BCUT2D eigenvalue weighted by atomic mass is 19.1.